The summed E-state index contributed by atoms with van der Waals surface area (Å²) in [6, 6.07) is 5.50. The molecule has 1 aliphatic rings. The van der Waals surface area contributed by atoms with Gasteiger partial charge in [0, 0.05) is 24.8 Å². The molecule has 25 heavy (non-hydrogen) atoms. The van der Waals surface area contributed by atoms with Gasteiger partial charge in [-0.15, -0.1) is 0 Å². The Morgan fingerprint density at radius 3 is 2.24 bits per heavy atom. The zero-order valence-corrected chi connectivity index (χ0v) is 14.9. The fourth-order valence-corrected chi connectivity index (χ4v) is 2.91. The van der Waals surface area contributed by atoms with Crippen LogP contribution in [0.5, 0.6) is 0 Å². The lowest BCUT2D eigenvalue weighted by Crippen LogP contribution is -2.49. The van der Waals surface area contributed by atoms with Gasteiger partial charge in [-0.05, 0) is 56.9 Å². The molecule has 1 aromatic rings. The second-order valence-electron chi connectivity index (χ2n) is 6.26. The van der Waals surface area contributed by atoms with Crippen LogP contribution in [-0.2, 0) is 14.3 Å². The van der Waals surface area contributed by atoms with E-state index in [9.17, 15) is 14.4 Å². The average Bonchev–Trinajstić information content (AvgIpc) is 2.54. The minimum absolute atomic E-state index is 0.122. The molecule has 0 radical (unpaired) electrons. The molecule has 0 spiro atoms. The Morgan fingerprint density at radius 2 is 1.68 bits per heavy atom. The van der Waals surface area contributed by atoms with E-state index in [-0.39, 0.29) is 12.1 Å². The molecule has 0 saturated carbocycles. The minimum Gasteiger partial charge on any atom is -0.450 e. The maximum Gasteiger partial charge on any atom is 0.409 e. The van der Waals surface area contributed by atoms with E-state index in [0.717, 1.165) is 11.1 Å². The van der Waals surface area contributed by atoms with Crippen LogP contribution < -0.4 is 10.6 Å². The number of carbonyl (C=O) groups is 3. The van der Waals surface area contributed by atoms with E-state index in [0.29, 0.717) is 38.2 Å². The van der Waals surface area contributed by atoms with Crippen molar-refractivity contribution >= 4 is 23.6 Å². The molecule has 1 fully saturated rings. The lowest BCUT2D eigenvalue weighted by atomic mass is 10.1. The predicted octanol–water partition coefficient (Wildman–Crippen LogP) is 1.98. The largest absolute Gasteiger partial charge is 0.450 e. The molecule has 2 rings (SSSR count). The van der Waals surface area contributed by atoms with E-state index in [1.54, 1.807) is 11.8 Å². The van der Waals surface area contributed by atoms with Crippen LogP contribution in [0.25, 0.3) is 0 Å². The van der Waals surface area contributed by atoms with Crippen molar-refractivity contribution in [2.45, 2.75) is 39.7 Å². The van der Waals surface area contributed by atoms with Crippen LogP contribution in [0, 0.1) is 13.8 Å². The highest BCUT2D eigenvalue weighted by molar-refractivity contribution is 6.39. The van der Waals surface area contributed by atoms with Gasteiger partial charge in [-0.2, -0.15) is 0 Å². The third-order valence-electron chi connectivity index (χ3n) is 4.04. The van der Waals surface area contributed by atoms with Crippen molar-refractivity contribution in [2.24, 2.45) is 0 Å². The van der Waals surface area contributed by atoms with Crippen molar-refractivity contribution in [2.75, 3.05) is 25.0 Å². The highest BCUT2D eigenvalue weighted by atomic mass is 16.6. The second-order valence-corrected chi connectivity index (χ2v) is 6.26. The molecule has 0 aromatic heterocycles. The average molecular weight is 347 g/mol. The molecule has 0 unspecified atom stereocenters. The lowest BCUT2D eigenvalue weighted by molar-refractivity contribution is -0.136. The number of nitrogens with zero attached hydrogens (tertiary/aromatic N) is 1. The number of hydrogen-bond acceptors (Lipinski definition) is 4. The van der Waals surface area contributed by atoms with E-state index in [4.69, 9.17) is 4.74 Å². The maximum absolute atomic E-state index is 12.1. The van der Waals surface area contributed by atoms with Crippen molar-refractivity contribution in [3.63, 3.8) is 0 Å². The van der Waals surface area contributed by atoms with Gasteiger partial charge in [-0.3, -0.25) is 9.59 Å². The van der Waals surface area contributed by atoms with E-state index in [1.165, 1.54) is 0 Å². The summed E-state index contributed by atoms with van der Waals surface area (Å²) in [5, 5.41) is 5.35. The van der Waals surface area contributed by atoms with Gasteiger partial charge in [0.25, 0.3) is 0 Å². The molecular formula is C18H25N3O4. The molecule has 2 N–H and O–H groups in total. The van der Waals surface area contributed by atoms with Crippen LogP contribution in [0.4, 0.5) is 10.5 Å². The molecular weight excluding hydrogens is 322 g/mol. The Hall–Kier alpha value is -2.57. The summed E-state index contributed by atoms with van der Waals surface area (Å²) in [6.45, 7) is 6.97. The highest BCUT2D eigenvalue weighted by Crippen LogP contribution is 2.14. The molecule has 1 saturated heterocycles. The molecule has 0 bridgehead atoms. The fraction of sp³-hybridized carbons (Fsp3) is 0.500. The number of piperidine rings is 1. The number of hydrogen-bond donors (Lipinski definition) is 2. The number of nitrogens with one attached hydrogen (secondary N) is 2. The normalized spacial score (nSPS) is 14.8. The Morgan fingerprint density at radius 1 is 1.08 bits per heavy atom. The first-order valence-electron chi connectivity index (χ1n) is 8.51. The van der Waals surface area contributed by atoms with Crippen LogP contribution in [0.3, 0.4) is 0 Å². The molecule has 1 aliphatic heterocycles. The molecule has 0 atom stereocenters. The summed E-state index contributed by atoms with van der Waals surface area (Å²) in [5.74, 6) is -1.34. The molecule has 7 heteroatoms. The quantitative estimate of drug-likeness (QED) is 0.819. The van der Waals surface area contributed by atoms with Gasteiger partial charge >= 0.3 is 17.9 Å². The molecule has 7 nitrogen and oxygen atoms in total. The summed E-state index contributed by atoms with van der Waals surface area (Å²) in [4.78, 5) is 37.4. The van der Waals surface area contributed by atoms with Crippen LogP contribution in [-0.4, -0.2) is 48.5 Å². The molecule has 1 heterocycles. The summed E-state index contributed by atoms with van der Waals surface area (Å²) in [5.41, 5.74) is 2.64. The van der Waals surface area contributed by atoms with Crippen molar-refractivity contribution < 1.29 is 19.1 Å². The topological polar surface area (TPSA) is 87.7 Å². The van der Waals surface area contributed by atoms with Gasteiger partial charge in [0.15, 0.2) is 0 Å². The second kappa shape index (κ2) is 8.50. The number of anilines is 1. The first-order chi connectivity index (χ1) is 11.9. The highest BCUT2D eigenvalue weighted by Gasteiger charge is 2.26. The third kappa shape index (κ3) is 5.48. The Labute approximate surface area is 147 Å². The van der Waals surface area contributed by atoms with Crippen LogP contribution in [0.1, 0.15) is 30.9 Å². The number of likely N-dealkylation sites (tertiary alicyclic amines) is 1. The maximum atomic E-state index is 12.1. The summed E-state index contributed by atoms with van der Waals surface area (Å²) in [7, 11) is 0. The summed E-state index contributed by atoms with van der Waals surface area (Å²) >= 11 is 0. The van der Waals surface area contributed by atoms with E-state index >= 15 is 0 Å². The smallest absolute Gasteiger partial charge is 0.409 e. The fourth-order valence-electron chi connectivity index (χ4n) is 2.91. The SMILES string of the molecule is CCOC(=O)N1CCC(NC(=O)C(=O)Nc2cc(C)cc(C)c2)CC1. The first-order valence-corrected chi connectivity index (χ1v) is 8.51. The lowest BCUT2D eigenvalue weighted by Gasteiger charge is -2.31. The Kier molecular flexibility index (Phi) is 6.38. The van der Waals surface area contributed by atoms with Gasteiger partial charge in [0.1, 0.15) is 0 Å². The number of rotatable bonds is 3. The van der Waals surface area contributed by atoms with E-state index in [1.807, 2.05) is 32.0 Å². The predicted molar refractivity (Wildman–Crippen MR) is 94.3 cm³/mol. The molecule has 1 aromatic carbocycles. The van der Waals surface area contributed by atoms with Crippen LogP contribution in [0.15, 0.2) is 18.2 Å². The Bertz CT molecular complexity index is 631. The zero-order valence-electron chi connectivity index (χ0n) is 14.9. The van der Waals surface area contributed by atoms with Crippen LogP contribution in [0.2, 0.25) is 0 Å². The summed E-state index contributed by atoms with van der Waals surface area (Å²) in [6.07, 6.45) is 0.864. The van der Waals surface area contributed by atoms with Gasteiger partial charge in [-0.25, -0.2) is 4.79 Å². The first kappa shape index (κ1) is 18.8. The van der Waals surface area contributed by atoms with Crippen molar-refractivity contribution in [3.8, 4) is 0 Å². The number of aryl methyl sites for hydroxylation is 2. The van der Waals surface area contributed by atoms with Gasteiger partial charge in [0.2, 0.25) is 0 Å². The van der Waals surface area contributed by atoms with E-state index in [2.05, 4.69) is 10.6 Å². The van der Waals surface area contributed by atoms with Gasteiger partial charge < -0.3 is 20.3 Å². The van der Waals surface area contributed by atoms with Crippen molar-refractivity contribution in [1.29, 1.82) is 0 Å². The number of amides is 3. The summed E-state index contributed by atoms with van der Waals surface area (Å²) < 4.78 is 4.96. The van der Waals surface area contributed by atoms with E-state index < -0.39 is 11.8 Å². The zero-order chi connectivity index (χ0) is 18.4. The minimum atomic E-state index is -0.683. The number of ether oxygens (including phenoxy) is 1. The standard InChI is InChI=1S/C18H25N3O4/c1-4-25-18(24)21-7-5-14(6-8-21)19-16(22)17(23)20-15-10-12(2)9-13(3)11-15/h9-11,14H,4-8H2,1-3H3,(H,19,22)(H,20,23). The van der Waals surface area contributed by atoms with Gasteiger partial charge in [-0.1, -0.05) is 6.07 Å². The van der Waals surface area contributed by atoms with Crippen molar-refractivity contribution in [3.05, 3.63) is 29.3 Å². The van der Waals surface area contributed by atoms with Crippen LogP contribution >= 0.6 is 0 Å². The molecule has 136 valence electrons. The third-order valence-corrected chi connectivity index (χ3v) is 4.04. The molecule has 0 aliphatic carbocycles. The number of benzene rings is 1. The van der Waals surface area contributed by atoms with Gasteiger partial charge in [0.05, 0.1) is 6.61 Å². The number of carbonyl (C=O) groups excluding carboxylic acids is 3. The van der Waals surface area contributed by atoms with Crippen molar-refractivity contribution in [1.82, 2.24) is 10.2 Å². The molecule has 3 amide bonds. The Balaban J connectivity index is 1.82. The monoisotopic (exact) mass is 347 g/mol.